The van der Waals surface area contributed by atoms with Crippen molar-refractivity contribution >= 4 is 21.7 Å². The molecule has 114 valence electrons. The van der Waals surface area contributed by atoms with E-state index in [1.165, 1.54) is 17.7 Å². The van der Waals surface area contributed by atoms with Gasteiger partial charge in [0.15, 0.2) is 0 Å². The van der Waals surface area contributed by atoms with E-state index in [-0.39, 0.29) is 6.10 Å². The molecule has 1 unspecified atom stereocenters. The fourth-order valence-corrected chi connectivity index (χ4v) is 3.61. The Balaban J connectivity index is 1.49. The van der Waals surface area contributed by atoms with Crippen molar-refractivity contribution in [3.63, 3.8) is 0 Å². The lowest BCUT2D eigenvalue weighted by Crippen LogP contribution is -2.26. The maximum absolute atomic E-state index is 6.11. The number of halogens is 1. The first-order chi connectivity index (χ1) is 10.8. The van der Waals surface area contributed by atoms with E-state index in [2.05, 4.69) is 35.8 Å². The van der Waals surface area contributed by atoms with Crippen LogP contribution in [0.25, 0.3) is 0 Å². The minimum atomic E-state index is 0.186. The van der Waals surface area contributed by atoms with Crippen molar-refractivity contribution < 1.29 is 4.74 Å². The predicted molar refractivity (Wildman–Crippen MR) is 87.2 cm³/mol. The third kappa shape index (κ3) is 2.56. The smallest absolute Gasteiger partial charge is 0.137 e. The van der Waals surface area contributed by atoms with Gasteiger partial charge in [-0.1, -0.05) is 0 Å². The van der Waals surface area contributed by atoms with Gasteiger partial charge in [0.25, 0.3) is 0 Å². The van der Waals surface area contributed by atoms with Crippen LogP contribution in [0.2, 0.25) is 0 Å². The van der Waals surface area contributed by atoms with Crippen LogP contribution >= 0.6 is 15.9 Å². The average Bonchev–Trinajstić information content (AvgIpc) is 3.18. The third-order valence-corrected chi connectivity index (χ3v) is 4.92. The van der Waals surface area contributed by atoms with E-state index in [4.69, 9.17) is 4.74 Å². The fraction of sp³-hybridized carbons (Fsp3) is 0.438. The molecule has 0 spiro atoms. The molecule has 0 N–H and O–H groups in total. The summed E-state index contributed by atoms with van der Waals surface area (Å²) in [7, 11) is 0. The molecule has 1 aliphatic carbocycles. The molecule has 0 radical (unpaired) electrons. The zero-order chi connectivity index (χ0) is 14.9. The van der Waals surface area contributed by atoms with Crippen molar-refractivity contribution in [2.24, 2.45) is 0 Å². The quantitative estimate of drug-likeness (QED) is 0.842. The Bertz CT molecular complexity index is 694. The molecular formula is C16H17BrN4O. The number of aryl methyl sites for hydroxylation is 1. The first-order valence-corrected chi connectivity index (χ1v) is 8.44. The SMILES string of the molecule is Brc1cnccc1OC1CCN(c2ncnc3c2CCC3)C1. The Morgan fingerprint density at radius 1 is 1.27 bits per heavy atom. The van der Waals surface area contributed by atoms with Crippen LogP contribution < -0.4 is 9.64 Å². The molecule has 2 aliphatic rings. The van der Waals surface area contributed by atoms with Gasteiger partial charge in [-0.05, 0) is 41.3 Å². The molecule has 0 aromatic carbocycles. The lowest BCUT2D eigenvalue weighted by atomic mass is 10.2. The van der Waals surface area contributed by atoms with E-state index in [9.17, 15) is 0 Å². The summed E-state index contributed by atoms with van der Waals surface area (Å²) in [5, 5.41) is 0. The average molecular weight is 361 g/mol. The molecule has 6 heteroatoms. The van der Waals surface area contributed by atoms with E-state index in [1.54, 1.807) is 18.7 Å². The second kappa shape index (κ2) is 5.83. The van der Waals surface area contributed by atoms with Crippen molar-refractivity contribution in [3.8, 4) is 5.75 Å². The lowest BCUT2D eigenvalue weighted by molar-refractivity contribution is 0.223. The van der Waals surface area contributed by atoms with Gasteiger partial charge in [-0.2, -0.15) is 0 Å². The standard InChI is InChI=1S/C16H17BrN4O/c17-13-8-18-6-4-15(13)22-11-5-7-21(9-11)16-12-2-1-3-14(12)19-10-20-16/h4,6,8,10-11H,1-3,5,7,9H2. The molecule has 1 saturated heterocycles. The third-order valence-electron chi connectivity index (χ3n) is 4.33. The zero-order valence-electron chi connectivity index (χ0n) is 12.2. The zero-order valence-corrected chi connectivity index (χ0v) is 13.8. The highest BCUT2D eigenvalue weighted by molar-refractivity contribution is 9.10. The number of aromatic nitrogens is 3. The van der Waals surface area contributed by atoms with Crippen molar-refractivity contribution in [2.45, 2.75) is 31.8 Å². The van der Waals surface area contributed by atoms with Crippen LogP contribution in [-0.2, 0) is 12.8 Å². The van der Waals surface area contributed by atoms with Gasteiger partial charge < -0.3 is 9.64 Å². The van der Waals surface area contributed by atoms with Crippen LogP contribution in [-0.4, -0.2) is 34.1 Å². The van der Waals surface area contributed by atoms with Gasteiger partial charge in [0.1, 0.15) is 24.0 Å². The summed E-state index contributed by atoms with van der Waals surface area (Å²) in [6, 6.07) is 1.90. The van der Waals surface area contributed by atoms with E-state index in [1.807, 2.05) is 6.07 Å². The monoisotopic (exact) mass is 360 g/mol. The lowest BCUT2D eigenvalue weighted by Gasteiger charge is -2.20. The minimum Gasteiger partial charge on any atom is -0.487 e. The van der Waals surface area contributed by atoms with Crippen LogP contribution in [0.15, 0.2) is 29.3 Å². The van der Waals surface area contributed by atoms with Gasteiger partial charge >= 0.3 is 0 Å². The summed E-state index contributed by atoms with van der Waals surface area (Å²) in [5.74, 6) is 1.97. The summed E-state index contributed by atoms with van der Waals surface area (Å²) in [6.07, 6.45) is 9.79. The second-order valence-electron chi connectivity index (χ2n) is 5.76. The Kier molecular flexibility index (Phi) is 3.70. The van der Waals surface area contributed by atoms with E-state index >= 15 is 0 Å². The molecule has 22 heavy (non-hydrogen) atoms. The number of ether oxygens (including phenoxy) is 1. The molecule has 1 atom stereocenters. The largest absolute Gasteiger partial charge is 0.487 e. The fourth-order valence-electron chi connectivity index (χ4n) is 3.27. The molecule has 2 aromatic rings. The number of rotatable bonds is 3. The van der Waals surface area contributed by atoms with Gasteiger partial charge in [-0.25, -0.2) is 9.97 Å². The number of fused-ring (bicyclic) bond motifs is 1. The van der Waals surface area contributed by atoms with Crippen molar-refractivity contribution in [3.05, 3.63) is 40.5 Å². The molecule has 2 aromatic heterocycles. The highest BCUT2D eigenvalue weighted by atomic mass is 79.9. The number of anilines is 1. The first-order valence-electron chi connectivity index (χ1n) is 7.65. The summed E-state index contributed by atoms with van der Waals surface area (Å²) in [5.41, 5.74) is 2.57. The molecular weight excluding hydrogens is 344 g/mol. The number of nitrogens with zero attached hydrogens (tertiary/aromatic N) is 4. The van der Waals surface area contributed by atoms with E-state index in [0.717, 1.165) is 48.4 Å². The van der Waals surface area contributed by atoms with E-state index < -0.39 is 0 Å². The van der Waals surface area contributed by atoms with Gasteiger partial charge in [-0.15, -0.1) is 0 Å². The molecule has 4 rings (SSSR count). The normalized spacial score (nSPS) is 20.2. The van der Waals surface area contributed by atoms with Crippen molar-refractivity contribution in [1.82, 2.24) is 15.0 Å². The summed E-state index contributed by atoms with van der Waals surface area (Å²) < 4.78 is 7.00. The maximum atomic E-state index is 6.11. The molecule has 5 nitrogen and oxygen atoms in total. The Morgan fingerprint density at radius 2 is 2.23 bits per heavy atom. The highest BCUT2D eigenvalue weighted by Crippen LogP contribution is 2.31. The second-order valence-corrected chi connectivity index (χ2v) is 6.61. The van der Waals surface area contributed by atoms with Crippen LogP contribution in [0.1, 0.15) is 24.1 Å². The molecule has 0 bridgehead atoms. The van der Waals surface area contributed by atoms with Crippen molar-refractivity contribution in [2.75, 3.05) is 18.0 Å². The van der Waals surface area contributed by atoms with Crippen LogP contribution in [0.5, 0.6) is 5.75 Å². The molecule has 1 aliphatic heterocycles. The number of hydrogen-bond acceptors (Lipinski definition) is 5. The Hall–Kier alpha value is -1.69. The minimum absolute atomic E-state index is 0.186. The van der Waals surface area contributed by atoms with E-state index in [0.29, 0.717) is 0 Å². The number of hydrogen-bond donors (Lipinski definition) is 0. The Labute approximate surface area is 137 Å². The topological polar surface area (TPSA) is 51.1 Å². The molecule has 0 amide bonds. The summed E-state index contributed by atoms with van der Waals surface area (Å²) >= 11 is 3.48. The van der Waals surface area contributed by atoms with Crippen LogP contribution in [0.3, 0.4) is 0 Å². The first kappa shape index (κ1) is 13.9. The highest BCUT2D eigenvalue weighted by Gasteiger charge is 2.29. The predicted octanol–water partition coefficient (Wildman–Crippen LogP) is 2.78. The molecule has 0 saturated carbocycles. The summed E-state index contributed by atoms with van der Waals surface area (Å²) in [4.78, 5) is 15.3. The van der Waals surface area contributed by atoms with Gasteiger partial charge in [0, 0.05) is 36.6 Å². The van der Waals surface area contributed by atoms with Gasteiger partial charge in [-0.3, -0.25) is 4.98 Å². The summed E-state index contributed by atoms with van der Waals surface area (Å²) in [6.45, 7) is 1.86. The van der Waals surface area contributed by atoms with Gasteiger partial charge in [0.05, 0.1) is 11.0 Å². The maximum Gasteiger partial charge on any atom is 0.137 e. The van der Waals surface area contributed by atoms with Gasteiger partial charge in [0.2, 0.25) is 0 Å². The molecule has 1 fully saturated rings. The van der Waals surface area contributed by atoms with Crippen molar-refractivity contribution in [1.29, 1.82) is 0 Å². The van der Waals surface area contributed by atoms with Crippen LogP contribution in [0.4, 0.5) is 5.82 Å². The Morgan fingerprint density at radius 3 is 3.14 bits per heavy atom. The molecule has 3 heterocycles. The van der Waals surface area contributed by atoms with Crippen LogP contribution in [0, 0.1) is 0 Å². The number of pyridine rings is 1.